The number of carboxylic acids is 1. The predicted molar refractivity (Wildman–Crippen MR) is 81.7 cm³/mol. The van der Waals surface area contributed by atoms with E-state index in [0.717, 1.165) is 23.1 Å². The highest BCUT2D eigenvalue weighted by atomic mass is 79.9. The van der Waals surface area contributed by atoms with Crippen molar-refractivity contribution >= 4 is 33.7 Å². The summed E-state index contributed by atoms with van der Waals surface area (Å²) in [6.45, 7) is 1.79. The van der Waals surface area contributed by atoms with Gasteiger partial charge in [0.25, 0.3) is 0 Å². The quantitative estimate of drug-likeness (QED) is 0.743. The lowest BCUT2D eigenvalue weighted by molar-refractivity contribution is -0.144. The molecule has 0 saturated heterocycles. The Hall–Kier alpha value is -0.520. The van der Waals surface area contributed by atoms with Gasteiger partial charge in [-0.25, -0.2) is 0 Å². The molecule has 2 rings (SSSR count). The standard InChI is InChI=1S/C14H18BrNO2S/c1-14(13(17)18,16-11-4-5-11)8-9-19-12-6-2-10(15)3-7-12/h2-3,6-7,11,16H,4-5,8-9H2,1H3,(H,17,18). The molecule has 1 atom stereocenters. The molecule has 0 aliphatic heterocycles. The second-order valence-corrected chi connectivity index (χ2v) is 7.19. The summed E-state index contributed by atoms with van der Waals surface area (Å²) in [7, 11) is 0. The van der Waals surface area contributed by atoms with E-state index in [1.807, 2.05) is 24.3 Å². The van der Waals surface area contributed by atoms with Crippen molar-refractivity contribution < 1.29 is 9.90 Å². The molecule has 1 aromatic rings. The molecule has 1 unspecified atom stereocenters. The summed E-state index contributed by atoms with van der Waals surface area (Å²) in [6, 6.07) is 8.49. The lowest BCUT2D eigenvalue weighted by Crippen LogP contribution is -2.50. The Morgan fingerprint density at radius 3 is 2.63 bits per heavy atom. The van der Waals surface area contributed by atoms with Crippen LogP contribution in [0.5, 0.6) is 0 Å². The van der Waals surface area contributed by atoms with E-state index >= 15 is 0 Å². The Morgan fingerprint density at radius 1 is 1.47 bits per heavy atom. The minimum absolute atomic E-state index is 0.402. The van der Waals surface area contributed by atoms with Crippen molar-refractivity contribution in [2.45, 2.75) is 42.7 Å². The van der Waals surface area contributed by atoms with E-state index in [-0.39, 0.29) is 0 Å². The molecule has 0 heterocycles. The average Bonchev–Trinajstić information content (AvgIpc) is 3.15. The van der Waals surface area contributed by atoms with Crippen LogP contribution in [0.4, 0.5) is 0 Å². The molecule has 0 bridgehead atoms. The summed E-state index contributed by atoms with van der Waals surface area (Å²) >= 11 is 5.10. The molecule has 5 heteroatoms. The molecule has 1 aromatic carbocycles. The largest absolute Gasteiger partial charge is 0.480 e. The molecule has 1 saturated carbocycles. The van der Waals surface area contributed by atoms with Crippen LogP contribution in [0.1, 0.15) is 26.2 Å². The van der Waals surface area contributed by atoms with Crippen molar-refractivity contribution in [1.29, 1.82) is 0 Å². The molecule has 1 aliphatic rings. The Labute approximate surface area is 126 Å². The Morgan fingerprint density at radius 2 is 2.11 bits per heavy atom. The van der Waals surface area contributed by atoms with E-state index in [1.165, 1.54) is 4.90 Å². The van der Waals surface area contributed by atoms with Crippen LogP contribution >= 0.6 is 27.7 Å². The molecule has 3 nitrogen and oxygen atoms in total. The zero-order valence-electron chi connectivity index (χ0n) is 10.9. The third-order valence-corrected chi connectivity index (χ3v) is 4.80. The molecule has 0 aromatic heterocycles. The third kappa shape index (κ3) is 4.51. The fraction of sp³-hybridized carbons (Fsp3) is 0.500. The van der Waals surface area contributed by atoms with Gasteiger partial charge in [-0.3, -0.25) is 10.1 Å². The molecule has 104 valence electrons. The maximum Gasteiger partial charge on any atom is 0.323 e. The monoisotopic (exact) mass is 343 g/mol. The lowest BCUT2D eigenvalue weighted by Gasteiger charge is -2.26. The van der Waals surface area contributed by atoms with Crippen LogP contribution in [0.15, 0.2) is 33.6 Å². The average molecular weight is 344 g/mol. The zero-order chi connectivity index (χ0) is 13.9. The van der Waals surface area contributed by atoms with Gasteiger partial charge in [-0.15, -0.1) is 11.8 Å². The fourth-order valence-electron chi connectivity index (χ4n) is 1.82. The van der Waals surface area contributed by atoms with Gasteiger partial charge in [-0.1, -0.05) is 15.9 Å². The lowest BCUT2D eigenvalue weighted by atomic mass is 9.99. The number of aliphatic carboxylic acids is 1. The van der Waals surface area contributed by atoms with Crippen LogP contribution in [0.2, 0.25) is 0 Å². The normalized spacial score (nSPS) is 18.0. The van der Waals surface area contributed by atoms with Gasteiger partial charge >= 0.3 is 5.97 Å². The van der Waals surface area contributed by atoms with E-state index in [1.54, 1.807) is 18.7 Å². The zero-order valence-corrected chi connectivity index (χ0v) is 13.3. The molecule has 19 heavy (non-hydrogen) atoms. The maximum atomic E-state index is 11.4. The minimum Gasteiger partial charge on any atom is -0.480 e. The Balaban J connectivity index is 1.84. The molecule has 0 amide bonds. The first-order chi connectivity index (χ1) is 8.99. The van der Waals surface area contributed by atoms with Crippen LogP contribution in [-0.4, -0.2) is 28.4 Å². The van der Waals surface area contributed by atoms with Crippen molar-refractivity contribution in [2.75, 3.05) is 5.75 Å². The van der Waals surface area contributed by atoms with Gasteiger partial charge in [0.2, 0.25) is 0 Å². The highest BCUT2D eigenvalue weighted by Crippen LogP contribution is 2.27. The Kier molecular flexibility index (Phi) is 4.92. The first-order valence-corrected chi connectivity index (χ1v) is 8.17. The van der Waals surface area contributed by atoms with Gasteiger partial charge < -0.3 is 5.11 Å². The number of carboxylic acid groups (broad SMARTS) is 1. The summed E-state index contributed by atoms with van der Waals surface area (Å²) < 4.78 is 1.06. The van der Waals surface area contributed by atoms with Gasteiger partial charge in [0, 0.05) is 21.2 Å². The van der Waals surface area contributed by atoms with Crippen LogP contribution in [0, 0.1) is 0 Å². The van der Waals surface area contributed by atoms with Crippen molar-refractivity contribution in [2.24, 2.45) is 0 Å². The van der Waals surface area contributed by atoms with Gasteiger partial charge in [-0.05, 0) is 50.5 Å². The first kappa shape index (κ1) is 14.9. The predicted octanol–water partition coefficient (Wildman–Crippen LogP) is 3.53. The molecule has 1 fully saturated rings. The highest BCUT2D eigenvalue weighted by Gasteiger charge is 2.37. The highest BCUT2D eigenvalue weighted by molar-refractivity contribution is 9.10. The second kappa shape index (κ2) is 6.29. The van der Waals surface area contributed by atoms with E-state index in [9.17, 15) is 9.90 Å². The van der Waals surface area contributed by atoms with E-state index in [4.69, 9.17) is 0 Å². The van der Waals surface area contributed by atoms with Crippen molar-refractivity contribution in [3.05, 3.63) is 28.7 Å². The van der Waals surface area contributed by atoms with E-state index < -0.39 is 11.5 Å². The molecule has 1 aliphatic carbocycles. The molecule has 0 radical (unpaired) electrons. The number of halogens is 1. The smallest absolute Gasteiger partial charge is 0.323 e. The first-order valence-electron chi connectivity index (χ1n) is 6.39. The maximum absolute atomic E-state index is 11.4. The number of nitrogens with one attached hydrogen (secondary N) is 1. The number of carbonyl (C=O) groups is 1. The minimum atomic E-state index is -0.802. The number of benzene rings is 1. The van der Waals surface area contributed by atoms with Crippen LogP contribution in [-0.2, 0) is 4.79 Å². The summed E-state index contributed by atoms with van der Waals surface area (Å²) in [4.78, 5) is 12.6. The van der Waals surface area contributed by atoms with E-state index in [2.05, 4.69) is 21.2 Å². The Bertz CT molecular complexity index is 447. The van der Waals surface area contributed by atoms with Gasteiger partial charge in [0.05, 0.1) is 0 Å². The number of hydrogen-bond donors (Lipinski definition) is 2. The molecule has 0 spiro atoms. The van der Waals surface area contributed by atoms with Gasteiger partial charge in [0.1, 0.15) is 5.54 Å². The topological polar surface area (TPSA) is 49.3 Å². The number of hydrogen-bond acceptors (Lipinski definition) is 3. The fourth-order valence-corrected chi connectivity index (χ4v) is 3.16. The summed E-state index contributed by atoms with van der Waals surface area (Å²) in [5, 5.41) is 12.6. The summed E-state index contributed by atoms with van der Waals surface area (Å²) in [5.74, 6) is 0.0419. The number of thioether (sulfide) groups is 1. The second-order valence-electron chi connectivity index (χ2n) is 5.11. The number of rotatable bonds is 7. The summed E-state index contributed by atoms with van der Waals surface area (Å²) in [5.41, 5.74) is -0.802. The van der Waals surface area contributed by atoms with Crippen molar-refractivity contribution in [3.63, 3.8) is 0 Å². The van der Waals surface area contributed by atoms with Crippen LogP contribution in [0.3, 0.4) is 0 Å². The van der Waals surface area contributed by atoms with Crippen LogP contribution < -0.4 is 5.32 Å². The van der Waals surface area contributed by atoms with Crippen molar-refractivity contribution in [1.82, 2.24) is 5.32 Å². The van der Waals surface area contributed by atoms with Crippen molar-refractivity contribution in [3.8, 4) is 0 Å². The SMILES string of the molecule is CC(CCSc1ccc(Br)cc1)(NC1CC1)C(=O)O. The summed E-state index contributed by atoms with van der Waals surface area (Å²) in [6.07, 6.45) is 2.82. The van der Waals surface area contributed by atoms with Gasteiger partial charge in [-0.2, -0.15) is 0 Å². The molecular weight excluding hydrogens is 326 g/mol. The van der Waals surface area contributed by atoms with Gasteiger partial charge in [0.15, 0.2) is 0 Å². The molecular formula is C14H18BrNO2S. The van der Waals surface area contributed by atoms with E-state index in [0.29, 0.717) is 12.5 Å². The van der Waals surface area contributed by atoms with Crippen LogP contribution in [0.25, 0.3) is 0 Å². The molecule has 2 N–H and O–H groups in total. The third-order valence-electron chi connectivity index (χ3n) is 3.26.